The van der Waals surface area contributed by atoms with E-state index in [0.29, 0.717) is 0 Å². The number of rotatable bonds is 0. The molecular weight excluding hydrogens is 379 g/mol. The Morgan fingerprint density at radius 1 is 1.00 bits per heavy atom. The molecule has 0 aromatic heterocycles. The Hall–Kier alpha value is 0.579. The van der Waals surface area contributed by atoms with Crippen LogP contribution in [0.15, 0.2) is 21.1 Å². The zero-order valence-electron chi connectivity index (χ0n) is 5.41. The average molecular weight is 383 g/mol. The number of hydrogen-bond acceptors (Lipinski definition) is 2. The minimum atomic E-state index is -0.531. The molecule has 2 N–H and O–H groups in total. The normalized spacial score (nSPS) is 13.6. The van der Waals surface area contributed by atoms with Gasteiger partial charge in [-0.05, 0) is 0 Å². The summed E-state index contributed by atoms with van der Waals surface area (Å²) in [4.78, 5) is 0. The molecule has 2 rings (SSSR count). The van der Waals surface area contributed by atoms with Crippen molar-refractivity contribution in [3.63, 3.8) is 0 Å². The van der Waals surface area contributed by atoms with Crippen LogP contribution in [0.3, 0.4) is 0 Å². The second-order valence-corrected chi connectivity index (χ2v) is 6.04. The van der Waals surface area contributed by atoms with Crippen LogP contribution in [0.25, 0.3) is 0 Å². The number of fused-ring (bicyclic) bond motifs is 1. The van der Waals surface area contributed by atoms with Gasteiger partial charge in [0, 0.05) is 0 Å². The summed E-state index contributed by atoms with van der Waals surface area (Å²) in [5, 5.41) is 0. The maximum atomic E-state index is 3.45. The van der Waals surface area contributed by atoms with Crippen molar-refractivity contribution in [3.05, 3.63) is 21.1 Å². The molecule has 0 fully saturated rings. The van der Waals surface area contributed by atoms with Crippen LogP contribution < -0.4 is 7.08 Å². The molecule has 2 nitrogen and oxygen atoms in total. The molecule has 1 aromatic carbocycles. The molecule has 0 saturated heterocycles. The molecule has 1 aromatic rings. The number of benzene rings is 1. The topological polar surface area (TPSA) is 24.1 Å². The van der Waals surface area contributed by atoms with Gasteiger partial charge in [0.05, 0.1) is 0 Å². The standard InChI is InChI=1S/C6H4Br2N2.Sn/c7-3-1-5(9)6(10)2-4(3)8;/h1-2,9-10H;/q-2;+2. The fourth-order valence-electron chi connectivity index (χ4n) is 0.920. The van der Waals surface area contributed by atoms with Crippen molar-refractivity contribution in [3.8, 4) is 0 Å². The van der Waals surface area contributed by atoms with Gasteiger partial charge in [-0.1, -0.05) is 0 Å². The fourth-order valence-corrected chi connectivity index (χ4v) is 3.73. The van der Waals surface area contributed by atoms with E-state index in [1.807, 2.05) is 0 Å². The van der Waals surface area contributed by atoms with Crippen molar-refractivity contribution in [2.45, 2.75) is 0 Å². The van der Waals surface area contributed by atoms with Crippen LogP contribution in [0.2, 0.25) is 0 Å². The number of anilines is 2. The van der Waals surface area contributed by atoms with Crippen molar-refractivity contribution in [1.82, 2.24) is 0 Å². The molecule has 1 heterocycles. The van der Waals surface area contributed by atoms with Crippen molar-refractivity contribution in [2.24, 2.45) is 0 Å². The van der Waals surface area contributed by atoms with E-state index in [2.05, 4.69) is 51.1 Å². The van der Waals surface area contributed by atoms with Gasteiger partial charge in [0.1, 0.15) is 0 Å². The van der Waals surface area contributed by atoms with Crippen LogP contribution in [0.1, 0.15) is 0 Å². The molecule has 11 heavy (non-hydrogen) atoms. The molecule has 0 saturated carbocycles. The third-order valence-electron chi connectivity index (χ3n) is 1.45. The minimum absolute atomic E-state index is 0.531. The molecule has 1 aliphatic rings. The first-order chi connectivity index (χ1) is 5.27. The molecule has 0 amide bonds. The van der Waals surface area contributed by atoms with E-state index < -0.39 is 21.7 Å². The Labute approximate surface area is 92.3 Å². The monoisotopic (exact) mass is 382 g/mol. The summed E-state index contributed by atoms with van der Waals surface area (Å²) >= 11 is 6.38. The van der Waals surface area contributed by atoms with Crippen LogP contribution >= 0.6 is 31.9 Å². The van der Waals surface area contributed by atoms with Gasteiger partial charge in [-0.2, -0.15) is 0 Å². The fraction of sp³-hybridized carbons (Fsp3) is 0. The Kier molecular flexibility index (Phi) is 2.34. The van der Waals surface area contributed by atoms with Crippen LogP contribution in [0, 0.1) is 0 Å². The molecule has 2 radical (unpaired) electrons. The summed E-state index contributed by atoms with van der Waals surface area (Å²) in [6.07, 6.45) is 0. The summed E-state index contributed by atoms with van der Waals surface area (Å²) < 4.78 is 8.96. The number of nitrogens with one attached hydrogen (secondary N) is 2. The van der Waals surface area contributed by atoms with Gasteiger partial charge in [-0.3, -0.25) is 0 Å². The van der Waals surface area contributed by atoms with Gasteiger partial charge in [-0.15, -0.1) is 0 Å². The first kappa shape index (κ1) is 8.19. The van der Waals surface area contributed by atoms with Crippen LogP contribution in [-0.2, 0) is 0 Å². The third kappa shape index (κ3) is 1.53. The summed E-state index contributed by atoms with van der Waals surface area (Å²) in [6, 6.07) is 4.19. The zero-order valence-corrected chi connectivity index (χ0v) is 11.4. The molecule has 0 bridgehead atoms. The van der Waals surface area contributed by atoms with E-state index in [0.717, 1.165) is 8.95 Å². The van der Waals surface area contributed by atoms with Crippen LogP contribution in [-0.4, -0.2) is 21.7 Å². The Bertz CT molecular complexity index is 274. The van der Waals surface area contributed by atoms with Crippen molar-refractivity contribution in [1.29, 1.82) is 0 Å². The first-order valence-corrected chi connectivity index (χ1v) is 7.47. The van der Waals surface area contributed by atoms with Gasteiger partial charge >= 0.3 is 93.1 Å². The van der Waals surface area contributed by atoms with Crippen LogP contribution in [0.5, 0.6) is 0 Å². The Morgan fingerprint density at radius 2 is 1.45 bits per heavy atom. The van der Waals surface area contributed by atoms with E-state index in [-0.39, 0.29) is 0 Å². The zero-order chi connectivity index (χ0) is 7.84. The van der Waals surface area contributed by atoms with Crippen molar-refractivity contribution < 1.29 is 0 Å². The molecule has 5 heteroatoms. The Morgan fingerprint density at radius 3 is 1.91 bits per heavy atom. The summed E-state index contributed by atoms with van der Waals surface area (Å²) in [7, 11) is 0. The third-order valence-corrected chi connectivity index (χ3v) is 5.55. The SMILES string of the molecule is Brc1cc2c(cc1Br)[NH][Sn][NH]2. The van der Waals surface area contributed by atoms with E-state index in [1.165, 1.54) is 11.4 Å². The van der Waals surface area contributed by atoms with Crippen molar-refractivity contribution in [2.75, 3.05) is 7.08 Å². The molecular formula is C6H4Br2N2Sn. The molecule has 0 aliphatic carbocycles. The van der Waals surface area contributed by atoms with Gasteiger partial charge < -0.3 is 0 Å². The average Bonchev–Trinajstić information content (AvgIpc) is 2.36. The molecule has 56 valence electrons. The van der Waals surface area contributed by atoms with Gasteiger partial charge in [0.2, 0.25) is 0 Å². The summed E-state index contributed by atoms with van der Waals surface area (Å²) in [5.41, 5.74) is 2.46. The van der Waals surface area contributed by atoms with E-state index in [9.17, 15) is 0 Å². The molecule has 0 spiro atoms. The van der Waals surface area contributed by atoms with Gasteiger partial charge in [0.25, 0.3) is 0 Å². The van der Waals surface area contributed by atoms with Gasteiger partial charge in [0.15, 0.2) is 0 Å². The van der Waals surface area contributed by atoms with Crippen LogP contribution in [0.4, 0.5) is 11.4 Å². The van der Waals surface area contributed by atoms with Gasteiger partial charge in [-0.25, -0.2) is 0 Å². The number of hydrogen-bond donors (Lipinski definition) is 2. The van der Waals surface area contributed by atoms with E-state index in [1.54, 1.807) is 0 Å². The molecule has 0 unspecified atom stereocenters. The number of halogens is 2. The van der Waals surface area contributed by atoms with E-state index >= 15 is 0 Å². The van der Waals surface area contributed by atoms with E-state index in [4.69, 9.17) is 0 Å². The second-order valence-electron chi connectivity index (χ2n) is 2.19. The molecule has 1 aliphatic heterocycles. The van der Waals surface area contributed by atoms with Crippen molar-refractivity contribution >= 4 is 64.9 Å². The second kappa shape index (κ2) is 3.14. The summed E-state index contributed by atoms with van der Waals surface area (Å²) in [6.45, 7) is 0. The predicted octanol–water partition coefficient (Wildman–Crippen LogP) is 2.58. The first-order valence-electron chi connectivity index (χ1n) is 3.03. The Balaban J connectivity index is 2.57. The quantitative estimate of drug-likeness (QED) is 0.674. The molecule has 0 atom stereocenters. The maximum absolute atomic E-state index is 3.45. The summed E-state index contributed by atoms with van der Waals surface area (Å²) in [5.74, 6) is 0. The predicted molar refractivity (Wildman–Crippen MR) is 54.8 cm³/mol.